The maximum Gasteiger partial charge on any atom is 0.326 e. The van der Waals surface area contributed by atoms with E-state index in [1.165, 1.54) is 43.4 Å². The van der Waals surface area contributed by atoms with Gasteiger partial charge in [-0.1, -0.05) is 76.6 Å². The third-order valence-corrected chi connectivity index (χ3v) is 12.6. The van der Waals surface area contributed by atoms with Crippen LogP contribution in [0.15, 0.2) is 77.4 Å². The molecule has 0 saturated carbocycles. The Balaban J connectivity index is 1.62. The monoisotopic (exact) mass is 1020 g/mol. The van der Waals surface area contributed by atoms with Gasteiger partial charge in [-0.15, -0.1) is 0 Å². The number of likely N-dealkylation sites (N-methyl/N-ethyl adjacent to an activating group) is 1. The molecule has 1 heterocycles. The quantitative estimate of drug-likeness (QED) is 0.0397. The summed E-state index contributed by atoms with van der Waals surface area (Å²) < 4.78 is 0.446. The minimum atomic E-state index is -1.46. The smallest absolute Gasteiger partial charge is 0.326 e. The molecule has 0 aliphatic carbocycles. The average molecular weight is 1020 g/mol. The van der Waals surface area contributed by atoms with Crippen LogP contribution in [0.1, 0.15) is 76.5 Å². The van der Waals surface area contributed by atoms with Gasteiger partial charge in [0, 0.05) is 37.2 Å². The van der Waals surface area contributed by atoms with E-state index in [0.717, 1.165) is 4.90 Å². The number of aromatic amines is 1. The molecular weight excluding hydrogens is 956 g/mol. The van der Waals surface area contributed by atoms with Gasteiger partial charge >= 0.3 is 18.0 Å². The van der Waals surface area contributed by atoms with Crippen molar-refractivity contribution in [3.8, 4) is 11.5 Å². The van der Waals surface area contributed by atoms with E-state index in [0.29, 0.717) is 58.0 Å². The fourth-order valence-electron chi connectivity index (χ4n) is 7.82. The average Bonchev–Trinajstić information content (AvgIpc) is 3.61. The second-order valence-corrected chi connectivity index (χ2v) is 18.5. The van der Waals surface area contributed by atoms with Crippen LogP contribution >= 0.6 is 15.9 Å². The van der Waals surface area contributed by atoms with Crippen LogP contribution in [0.2, 0.25) is 0 Å². The Morgan fingerprint density at radius 2 is 1.28 bits per heavy atom. The summed E-state index contributed by atoms with van der Waals surface area (Å²) in [6, 6.07) is 10.4. The number of carboxylic acids is 2. The number of aliphatic carboxylic acids is 2. The van der Waals surface area contributed by atoms with E-state index in [1.54, 1.807) is 43.3 Å². The Kier molecular flexibility index (Phi) is 20.8. The van der Waals surface area contributed by atoms with Crippen molar-refractivity contribution in [3.63, 3.8) is 0 Å². The van der Waals surface area contributed by atoms with Gasteiger partial charge in [-0.05, 0) is 107 Å². The van der Waals surface area contributed by atoms with E-state index in [9.17, 15) is 54.0 Å². The first-order chi connectivity index (χ1) is 32.7. The highest BCUT2D eigenvalue weighted by atomic mass is 79.9. The number of benzene rings is 3. The van der Waals surface area contributed by atoms with Crippen LogP contribution in [0.4, 0.5) is 4.79 Å². The standard InChI is InChI=1S/C49H65BrN8O11/c1-6-28(4)41(57-43(61)36(14-10-11-21-51)55-49(69)56-39(48(67)68)23-29-12-8-7-9-13-29)45(63)53-37(22-27(2)3)46(64)58(5)40(26-34-33-25-32(60)19-20-35(33)52-42(34)50)44(62)54-38(47(65)66)24-30-15-17-31(59)18-16-30/h7-9,12-13,15-20,25,27-28,36-41,52,59-60H,6,10-11,14,21-24,26,51H2,1-5H3,(H,53,63)(H,54,62)(H,57,61)(H,65,66)(H,67,68)(H2,55,56,69)/t28-,36-,37-,38-,39+,40-,41-/m0/s1. The maximum absolute atomic E-state index is 14.8. The predicted molar refractivity (Wildman–Crippen MR) is 262 cm³/mol. The Morgan fingerprint density at radius 3 is 1.87 bits per heavy atom. The molecule has 3 aromatic carbocycles. The zero-order valence-electron chi connectivity index (χ0n) is 39.5. The Hall–Kier alpha value is -6.67. The summed E-state index contributed by atoms with van der Waals surface area (Å²) in [6.07, 6.45) is 1.16. The minimum absolute atomic E-state index is 0.0181. The van der Waals surface area contributed by atoms with Gasteiger partial charge < -0.3 is 62.6 Å². The fourth-order valence-corrected chi connectivity index (χ4v) is 8.41. The summed E-state index contributed by atoms with van der Waals surface area (Å²) in [5, 5.41) is 54.0. The Labute approximate surface area is 409 Å². The van der Waals surface area contributed by atoms with Gasteiger partial charge in [-0.2, -0.15) is 0 Å². The highest BCUT2D eigenvalue weighted by Gasteiger charge is 2.38. The molecule has 7 atom stereocenters. The van der Waals surface area contributed by atoms with Crippen LogP contribution in [0.5, 0.6) is 11.5 Å². The van der Waals surface area contributed by atoms with E-state index < -0.39 is 83.8 Å². The van der Waals surface area contributed by atoms with Crippen LogP contribution in [-0.4, -0.2) is 122 Å². The second kappa shape index (κ2) is 26.2. The zero-order chi connectivity index (χ0) is 50.9. The number of urea groups is 1. The van der Waals surface area contributed by atoms with Crippen LogP contribution in [0.25, 0.3) is 10.9 Å². The summed E-state index contributed by atoms with van der Waals surface area (Å²) in [5.74, 6) is -6.39. The van der Waals surface area contributed by atoms with Crippen molar-refractivity contribution in [2.45, 2.75) is 115 Å². The highest BCUT2D eigenvalue weighted by Crippen LogP contribution is 2.31. The van der Waals surface area contributed by atoms with Crippen molar-refractivity contribution in [1.82, 2.24) is 36.5 Å². The van der Waals surface area contributed by atoms with E-state index in [4.69, 9.17) is 5.73 Å². The van der Waals surface area contributed by atoms with Crippen LogP contribution in [0.3, 0.4) is 0 Å². The lowest BCUT2D eigenvalue weighted by Crippen LogP contribution is -2.61. The van der Waals surface area contributed by atoms with Gasteiger partial charge in [0.05, 0.1) is 4.60 Å². The largest absolute Gasteiger partial charge is 0.508 e. The first-order valence-electron chi connectivity index (χ1n) is 22.9. The first-order valence-corrected chi connectivity index (χ1v) is 23.7. The number of rotatable bonds is 26. The SMILES string of the molecule is CC[C@H](C)[C@H](NC(=O)[C@H](CCCCN)NC(=O)N[C@H](Cc1ccccc1)C(=O)O)C(=O)N[C@@H](CC(C)C)C(=O)N(C)[C@@H](Cc1c(Br)[nH]c2ccc(O)cc12)C(=O)N[C@@H](Cc1ccc(O)cc1)C(=O)O. The van der Waals surface area contributed by atoms with Gasteiger partial charge in [0.25, 0.3) is 0 Å². The maximum atomic E-state index is 14.8. The molecule has 0 aliphatic heterocycles. The lowest BCUT2D eigenvalue weighted by molar-refractivity contribution is -0.145. The van der Waals surface area contributed by atoms with Crippen molar-refractivity contribution in [1.29, 1.82) is 0 Å². The highest BCUT2D eigenvalue weighted by molar-refractivity contribution is 9.10. The number of carboxylic acid groups (broad SMARTS) is 2. The molecule has 374 valence electrons. The zero-order valence-corrected chi connectivity index (χ0v) is 41.0. The number of halogens is 1. The Bertz CT molecular complexity index is 2400. The fraction of sp³-hybridized carbons (Fsp3) is 0.449. The lowest BCUT2D eigenvalue weighted by Gasteiger charge is -2.33. The number of amides is 6. The Morgan fingerprint density at radius 1 is 0.696 bits per heavy atom. The molecule has 6 amide bonds. The molecule has 20 heteroatoms. The molecule has 0 unspecified atom stereocenters. The molecule has 4 aromatic rings. The number of carbonyl (C=O) groups excluding carboxylic acids is 5. The number of H-pyrrole nitrogens is 1. The molecule has 0 radical (unpaired) electrons. The summed E-state index contributed by atoms with van der Waals surface area (Å²) in [7, 11) is 1.37. The van der Waals surface area contributed by atoms with Gasteiger partial charge in [0.1, 0.15) is 47.8 Å². The number of hydrogen-bond acceptors (Lipinski definition) is 10. The molecule has 0 saturated heterocycles. The van der Waals surface area contributed by atoms with Gasteiger partial charge in [-0.3, -0.25) is 19.2 Å². The minimum Gasteiger partial charge on any atom is -0.508 e. The number of fused-ring (bicyclic) bond motifs is 1. The third-order valence-electron chi connectivity index (χ3n) is 11.9. The second-order valence-electron chi connectivity index (χ2n) is 17.7. The molecule has 0 aliphatic rings. The number of phenols is 2. The summed E-state index contributed by atoms with van der Waals surface area (Å²) in [6.45, 7) is 7.51. The lowest BCUT2D eigenvalue weighted by atomic mass is 9.95. The topological polar surface area (TPSA) is 306 Å². The molecule has 12 N–H and O–H groups in total. The van der Waals surface area contributed by atoms with Crippen molar-refractivity contribution in [3.05, 3.63) is 94.1 Å². The van der Waals surface area contributed by atoms with E-state index in [1.807, 2.05) is 20.8 Å². The van der Waals surface area contributed by atoms with Crippen molar-refractivity contribution in [2.75, 3.05) is 13.6 Å². The third kappa shape index (κ3) is 16.2. The van der Waals surface area contributed by atoms with Crippen LogP contribution in [-0.2, 0) is 48.0 Å². The van der Waals surface area contributed by atoms with E-state index in [2.05, 4.69) is 47.5 Å². The number of nitrogens with zero attached hydrogens (tertiary/aromatic N) is 1. The number of phenolic OH excluding ortho intramolecular Hbond substituents is 2. The number of aromatic nitrogens is 1. The first kappa shape index (κ1) is 54.9. The summed E-state index contributed by atoms with van der Waals surface area (Å²) >= 11 is 3.51. The van der Waals surface area contributed by atoms with E-state index >= 15 is 0 Å². The normalized spacial score (nSPS) is 14.3. The molecule has 19 nitrogen and oxygen atoms in total. The van der Waals surface area contributed by atoms with Crippen molar-refractivity contribution < 1.29 is 54.0 Å². The number of unbranched alkanes of at least 4 members (excludes halogenated alkanes) is 1. The molecule has 4 rings (SSSR count). The molecule has 69 heavy (non-hydrogen) atoms. The van der Waals surface area contributed by atoms with Crippen molar-refractivity contribution >= 4 is 68.4 Å². The van der Waals surface area contributed by atoms with Gasteiger partial charge in [0.15, 0.2) is 0 Å². The van der Waals surface area contributed by atoms with E-state index in [-0.39, 0.29) is 49.5 Å². The van der Waals surface area contributed by atoms with Gasteiger partial charge in [0.2, 0.25) is 23.6 Å². The number of carbonyl (C=O) groups is 7. The predicted octanol–water partition coefficient (Wildman–Crippen LogP) is 4.08. The molecule has 0 bridgehead atoms. The van der Waals surface area contributed by atoms with Crippen molar-refractivity contribution in [2.24, 2.45) is 17.6 Å². The number of aromatic hydroxyl groups is 2. The molecule has 0 fully saturated rings. The van der Waals surface area contributed by atoms with Crippen LogP contribution in [0, 0.1) is 11.8 Å². The molecule has 1 aromatic heterocycles. The summed E-state index contributed by atoms with van der Waals surface area (Å²) in [5.41, 5.74) is 7.99. The summed E-state index contributed by atoms with van der Waals surface area (Å²) in [4.78, 5) is 100.0. The van der Waals surface area contributed by atoms with Crippen LogP contribution < -0.4 is 32.3 Å². The van der Waals surface area contributed by atoms with Gasteiger partial charge in [-0.25, -0.2) is 14.4 Å². The number of nitrogens with two attached hydrogens (primary N) is 1. The molecule has 0 spiro atoms. The number of hydrogen-bond donors (Lipinski definition) is 11. The molecular formula is C49H65BrN8O11. The number of nitrogens with one attached hydrogen (secondary N) is 6.